The Kier molecular flexibility index (Phi) is 8.40. The molecule has 0 N–H and O–H groups in total. The molecule has 7 heteroatoms. The van der Waals surface area contributed by atoms with Crippen LogP contribution < -0.4 is 10.2 Å². The molecule has 2 aliphatic rings. The van der Waals surface area contributed by atoms with E-state index in [4.69, 9.17) is 4.98 Å². The van der Waals surface area contributed by atoms with Gasteiger partial charge in [-0.2, -0.15) is 0 Å². The second-order valence-corrected chi connectivity index (χ2v) is 13.2. The summed E-state index contributed by atoms with van der Waals surface area (Å²) in [6.07, 6.45) is 13.5. The third kappa shape index (κ3) is 5.79. The maximum Gasteiger partial charge on any atom is 2.00 e. The van der Waals surface area contributed by atoms with Crippen molar-refractivity contribution < 1.29 is 21.1 Å². The Bertz CT molecular complexity index is 1730. The Morgan fingerprint density at radius 2 is 1.57 bits per heavy atom. The zero-order valence-corrected chi connectivity index (χ0v) is 27.6. The van der Waals surface area contributed by atoms with Crippen molar-refractivity contribution in [2.75, 3.05) is 0 Å². The van der Waals surface area contributed by atoms with E-state index >= 15 is 0 Å². The Morgan fingerprint density at radius 3 is 2.26 bits per heavy atom. The quantitative estimate of drug-likeness (QED) is 0.188. The van der Waals surface area contributed by atoms with Crippen LogP contribution in [0.5, 0.6) is 0 Å². The first-order valence-electron chi connectivity index (χ1n) is 14.7. The van der Waals surface area contributed by atoms with Crippen LogP contribution in [0.3, 0.4) is 0 Å². The van der Waals surface area contributed by atoms with Crippen LogP contribution in [-0.2, 0) is 51.2 Å². The number of nitrogens with zero attached hydrogens (tertiary/aromatic N) is 6. The molecule has 218 valence electrons. The van der Waals surface area contributed by atoms with Crippen LogP contribution in [0.2, 0.25) is 0 Å². The van der Waals surface area contributed by atoms with Crippen molar-refractivity contribution in [2.45, 2.75) is 84.5 Å². The van der Waals surface area contributed by atoms with Gasteiger partial charge >= 0.3 is 21.1 Å². The summed E-state index contributed by atoms with van der Waals surface area (Å²) in [6, 6.07) is 12.7. The van der Waals surface area contributed by atoms with Crippen LogP contribution in [0.15, 0.2) is 54.9 Å². The fourth-order valence-electron chi connectivity index (χ4n) is 5.72. The van der Waals surface area contributed by atoms with E-state index in [0.717, 1.165) is 64.4 Å². The van der Waals surface area contributed by atoms with Crippen molar-refractivity contribution in [1.29, 1.82) is 0 Å². The molecule has 0 saturated heterocycles. The third-order valence-electron chi connectivity index (χ3n) is 8.09. The summed E-state index contributed by atoms with van der Waals surface area (Å²) in [7, 11) is 0. The molecule has 0 fully saturated rings. The number of hydrogen-bond donors (Lipinski definition) is 0. The summed E-state index contributed by atoms with van der Waals surface area (Å²) >= 11 is 0. The molecular formula is C35H38N6Pt. The van der Waals surface area contributed by atoms with Gasteiger partial charge < -0.3 is 20.4 Å². The molecule has 4 heterocycles. The van der Waals surface area contributed by atoms with Crippen LogP contribution in [0.1, 0.15) is 88.0 Å². The SMILES string of the molecule is CC(C)(C)c1cc(-c2nc(-c3[n-]nc4c3CCCC4)c3c4c(cccc24)CC=C3)[n-]n1.CC(C)(C)c1ccncc1.[Pt+2]. The van der Waals surface area contributed by atoms with Gasteiger partial charge in [-0.15, -0.1) is 0 Å². The number of aryl methyl sites for hydroxylation is 1. The summed E-state index contributed by atoms with van der Waals surface area (Å²) in [5.41, 5.74) is 11.0. The van der Waals surface area contributed by atoms with E-state index in [1.807, 2.05) is 12.4 Å². The second-order valence-electron chi connectivity index (χ2n) is 13.2. The Morgan fingerprint density at radius 1 is 0.810 bits per heavy atom. The van der Waals surface area contributed by atoms with Crippen molar-refractivity contribution in [3.8, 4) is 22.8 Å². The number of rotatable bonds is 2. The van der Waals surface area contributed by atoms with Crippen molar-refractivity contribution in [2.24, 2.45) is 0 Å². The third-order valence-corrected chi connectivity index (χ3v) is 8.09. The van der Waals surface area contributed by atoms with Crippen LogP contribution >= 0.6 is 0 Å². The Balaban J connectivity index is 0.000000275. The molecule has 0 bridgehead atoms. The molecule has 1 aromatic carbocycles. The predicted octanol–water partition coefficient (Wildman–Crippen LogP) is 7.40. The molecule has 7 rings (SSSR count). The van der Waals surface area contributed by atoms with Gasteiger partial charge in [0.05, 0.1) is 11.4 Å². The zero-order chi connectivity index (χ0) is 28.8. The molecule has 4 aromatic heterocycles. The van der Waals surface area contributed by atoms with Crippen molar-refractivity contribution >= 4 is 16.8 Å². The monoisotopic (exact) mass is 737 g/mol. The minimum absolute atomic E-state index is 0. The van der Waals surface area contributed by atoms with E-state index in [-0.39, 0.29) is 31.9 Å². The van der Waals surface area contributed by atoms with Crippen LogP contribution in [0.25, 0.3) is 39.6 Å². The summed E-state index contributed by atoms with van der Waals surface area (Å²) in [6.45, 7) is 13.1. The standard InChI is InChI=1S/C26H25N5.C9H13N.Pt/c1-26(2,3)21-14-20(29-30-21)23-17-11-6-8-15-9-7-12-18(22(15)17)24(27-23)25-16-10-4-5-13-19(16)28-31-25;1-9(2,3)8-4-6-10-7-5-8;/h6-8,11-12,14H,4-5,9-10,13H2,1-3H3;4-7H,1-3H3;/q-2;;+2. The van der Waals surface area contributed by atoms with Gasteiger partial charge in [-0.1, -0.05) is 89.3 Å². The van der Waals surface area contributed by atoms with Gasteiger partial charge in [0.25, 0.3) is 0 Å². The van der Waals surface area contributed by atoms with E-state index in [1.54, 1.807) is 0 Å². The second kappa shape index (κ2) is 11.7. The first-order valence-corrected chi connectivity index (χ1v) is 14.7. The predicted molar refractivity (Wildman–Crippen MR) is 166 cm³/mol. The zero-order valence-electron chi connectivity index (χ0n) is 25.3. The summed E-state index contributed by atoms with van der Waals surface area (Å²) in [5.74, 6) is 0. The maximum absolute atomic E-state index is 5.21. The fraction of sp³-hybridized carbons (Fsp3) is 0.371. The van der Waals surface area contributed by atoms with Crippen LogP contribution in [-0.4, -0.2) is 20.2 Å². The minimum Gasteiger partial charge on any atom is -0.573 e. The van der Waals surface area contributed by atoms with Gasteiger partial charge in [0.1, 0.15) is 0 Å². The number of hydrogen-bond acceptors (Lipinski definition) is 4. The van der Waals surface area contributed by atoms with Crippen molar-refractivity contribution in [3.05, 3.63) is 88.5 Å². The molecule has 0 atom stereocenters. The number of aromatic nitrogens is 6. The molecule has 0 aliphatic heterocycles. The van der Waals surface area contributed by atoms with Gasteiger partial charge in [0, 0.05) is 40.1 Å². The van der Waals surface area contributed by atoms with Crippen LogP contribution in [0.4, 0.5) is 0 Å². The van der Waals surface area contributed by atoms with Crippen molar-refractivity contribution in [1.82, 2.24) is 30.4 Å². The van der Waals surface area contributed by atoms with Gasteiger partial charge in [-0.05, 0) is 71.7 Å². The van der Waals surface area contributed by atoms with Gasteiger partial charge in [0.15, 0.2) is 0 Å². The van der Waals surface area contributed by atoms with Gasteiger partial charge in [-0.3, -0.25) is 9.97 Å². The summed E-state index contributed by atoms with van der Waals surface area (Å²) < 4.78 is 0. The molecule has 0 unspecified atom stereocenters. The van der Waals surface area contributed by atoms with E-state index in [2.05, 4.69) is 115 Å². The average molecular weight is 738 g/mol. The smallest absolute Gasteiger partial charge is 0.573 e. The first kappa shape index (κ1) is 30.1. The number of allylic oxidation sites excluding steroid dienone is 1. The number of benzene rings is 1. The molecule has 2 aliphatic carbocycles. The molecule has 6 nitrogen and oxygen atoms in total. The molecule has 0 radical (unpaired) electrons. The van der Waals surface area contributed by atoms with E-state index < -0.39 is 0 Å². The first-order chi connectivity index (χ1) is 19.6. The number of pyridine rings is 2. The Hall–Kier alpha value is -3.37. The largest absolute Gasteiger partial charge is 2.00 e. The van der Waals surface area contributed by atoms with Crippen molar-refractivity contribution in [3.63, 3.8) is 0 Å². The molecule has 0 spiro atoms. The molecule has 0 saturated carbocycles. The molecular weight excluding hydrogens is 700 g/mol. The van der Waals surface area contributed by atoms with Gasteiger partial charge in [0.2, 0.25) is 0 Å². The maximum atomic E-state index is 5.21. The minimum atomic E-state index is -0.0562. The fourth-order valence-corrected chi connectivity index (χ4v) is 5.72. The molecule has 5 aromatic rings. The van der Waals surface area contributed by atoms with Gasteiger partial charge in [-0.25, -0.2) is 0 Å². The van der Waals surface area contributed by atoms with E-state index in [0.29, 0.717) is 0 Å². The number of fused-ring (bicyclic) bond motifs is 1. The van der Waals surface area contributed by atoms with E-state index in [9.17, 15) is 0 Å². The summed E-state index contributed by atoms with van der Waals surface area (Å²) in [5, 5.41) is 20.6. The normalized spacial score (nSPS) is 14.1. The average Bonchev–Trinajstić information content (AvgIpc) is 3.62. The Labute approximate surface area is 263 Å². The molecule has 0 amide bonds. The van der Waals surface area contributed by atoms with E-state index in [1.165, 1.54) is 34.9 Å². The van der Waals surface area contributed by atoms with Crippen LogP contribution in [0, 0.1) is 0 Å². The topological polar surface area (TPSA) is 79.8 Å². The molecule has 42 heavy (non-hydrogen) atoms. The summed E-state index contributed by atoms with van der Waals surface area (Å²) in [4.78, 5) is 9.17.